The number of hydrogen-bond donors (Lipinski definition) is 2. The van der Waals surface area contributed by atoms with Crippen LogP contribution >= 0.6 is 0 Å². The number of furan rings is 1. The van der Waals surface area contributed by atoms with Crippen molar-refractivity contribution in [2.75, 3.05) is 16.8 Å². The molecule has 0 aliphatic carbocycles. The highest BCUT2D eigenvalue weighted by atomic mass is 32.2. The van der Waals surface area contributed by atoms with E-state index in [2.05, 4.69) is 10.0 Å². The standard InChI is InChI=1S/C21H19FN2O6S2/c22-18-4-2-1-3-17(18)19-9-10-20(30-19)21(25)23-14-5-7-16(8-6-14)32(28,29)24-15-11-12-31(26,27)13-15/h1-10,15,24H,11-13H2,(H,23,25)/t15-/m0/s1. The predicted octanol–water partition coefficient (Wildman–Crippen LogP) is 2.80. The average molecular weight is 479 g/mol. The fourth-order valence-corrected chi connectivity index (χ4v) is 6.40. The third-order valence-electron chi connectivity index (χ3n) is 4.95. The number of benzene rings is 2. The van der Waals surface area contributed by atoms with Crippen molar-refractivity contribution in [3.8, 4) is 11.3 Å². The van der Waals surface area contributed by atoms with Crippen LogP contribution in [0.2, 0.25) is 0 Å². The van der Waals surface area contributed by atoms with E-state index < -0.39 is 37.6 Å². The van der Waals surface area contributed by atoms with Crippen molar-refractivity contribution in [1.82, 2.24) is 4.72 Å². The Bertz CT molecular complexity index is 1370. The molecule has 2 N–H and O–H groups in total. The SMILES string of the molecule is O=C(Nc1ccc(S(=O)(=O)N[C@H]2CCS(=O)(=O)C2)cc1)c1ccc(-c2ccccc2F)o1. The van der Waals surface area contributed by atoms with Gasteiger partial charge in [0.25, 0.3) is 5.91 Å². The number of sulfone groups is 1. The van der Waals surface area contributed by atoms with Crippen LogP contribution in [0.15, 0.2) is 70.0 Å². The normalized spacial score (nSPS) is 17.8. The summed E-state index contributed by atoms with van der Waals surface area (Å²) in [6.45, 7) is 0. The molecular formula is C21H19FN2O6S2. The Morgan fingerprint density at radius 1 is 1.03 bits per heavy atom. The molecule has 0 radical (unpaired) electrons. The van der Waals surface area contributed by atoms with E-state index in [0.29, 0.717) is 5.69 Å². The lowest BCUT2D eigenvalue weighted by molar-refractivity contribution is 0.0997. The number of halogens is 1. The molecular weight excluding hydrogens is 459 g/mol. The van der Waals surface area contributed by atoms with Crippen LogP contribution in [0.3, 0.4) is 0 Å². The van der Waals surface area contributed by atoms with Crippen molar-refractivity contribution in [1.29, 1.82) is 0 Å². The van der Waals surface area contributed by atoms with E-state index in [1.54, 1.807) is 12.1 Å². The molecule has 2 aromatic carbocycles. The van der Waals surface area contributed by atoms with Gasteiger partial charge in [0, 0.05) is 11.7 Å². The van der Waals surface area contributed by atoms with Crippen molar-refractivity contribution in [2.24, 2.45) is 0 Å². The Morgan fingerprint density at radius 2 is 1.75 bits per heavy atom. The molecule has 1 amide bonds. The maximum Gasteiger partial charge on any atom is 0.291 e. The highest BCUT2D eigenvalue weighted by Gasteiger charge is 2.31. The Hall–Kier alpha value is -3.02. The molecule has 168 valence electrons. The molecule has 1 saturated heterocycles. The summed E-state index contributed by atoms with van der Waals surface area (Å²) in [6.07, 6.45) is 0.230. The minimum Gasteiger partial charge on any atom is -0.451 e. The minimum absolute atomic E-state index is 0.0379. The summed E-state index contributed by atoms with van der Waals surface area (Å²) in [7, 11) is -7.12. The fraction of sp³-hybridized carbons (Fsp3) is 0.190. The van der Waals surface area contributed by atoms with Gasteiger partial charge in [0.1, 0.15) is 11.6 Å². The van der Waals surface area contributed by atoms with Crippen LogP contribution in [0.25, 0.3) is 11.3 Å². The molecule has 1 atom stereocenters. The van der Waals surface area contributed by atoms with Crippen LogP contribution in [0.5, 0.6) is 0 Å². The minimum atomic E-state index is -3.90. The third kappa shape index (κ3) is 4.90. The summed E-state index contributed by atoms with van der Waals surface area (Å²) in [6, 6.07) is 13.7. The molecule has 3 aromatic rings. The summed E-state index contributed by atoms with van der Waals surface area (Å²) >= 11 is 0. The molecule has 2 heterocycles. The zero-order valence-electron chi connectivity index (χ0n) is 16.6. The summed E-state index contributed by atoms with van der Waals surface area (Å²) in [5.74, 6) is -1.17. The van der Waals surface area contributed by atoms with Crippen molar-refractivity contribution in [3.63, 3.8) is 0 Å². The average Bonchev–Trinajstić information content (AvgIpc) is 3.35. The van der Waals surface area contributed by atoms with Gasteiger partial charge in [-0.3, -0.25) is 4.79 Å². The van der Waals surface area contributed by atoms with Gasteiger partial charge in [-0.25, -0.2) is 25.9 Å². The second-order valence-corrected chi connectivity index (χ2v) is 11.3. The first-order chi connectivity index (χ1) is 15.1. The monoisotopic (exact) mass is 478 g/mol. The Morgan fingerprint density at radius 3 is 2.41 bits per heavy atom. The van der Waals surface area contributed by atoms with Gasteiger partial charge in [0.05, 0.1) is 22.0 Å². The van der Waals surface area contributed by atoms with E-state index in [1.165, 1.54) is 48.5 Å². The summed E-state index contributed by atoms with van der Waals surface area (Å²) < 4.78 is 69.7. The number of carbonyl (C=O) groups is 1. The molecule has 0 spiro atoms. The van der Waals surface area contributed by atoms with Gasteiger partial charge in [-0.2, -0.15) is 0 Å². The smallest absolute Gasteiger partial charge is 0.291 e. The number of nitrogens with one attached hydrogen (secondary N) is 2. The number of amides is 1. The molecule has 11 heteroatoms. The lowest BCUT2D eigenvalue weighted by Crippen LogP contribution is -2.35. The summed E-state index contributed by atoms with van der Waals surface area (Å²) in [5, 5.41) is 2.58. The van der Waals surface area contributed by atoms with Crippen LogP contribution in [0, 0.1) is 5.82 Å². The number of hydrogen-bond acceptors (Lipinski definition) is 6. The molecule has 32 heavy (non-hydrogen) atoms. The van der Waals surface area contributed by atoms with Crippen molar-refractivity contribution in [3.05, 3.63) is 72.2 Å². The van der Waals surface area contributed by atoms with Crippen LogP contribution in [-0.4, -0.2) is 40.3 Å². The fourth-order valence-electron chi connectivity index (χ4n) is 3.35. The Kier molecular flexibility index (Phi) is 5.89. The van der Waals surface area contributed by atoms with Gasteiger partial charge in [0.2, 0.25) is 10.0 Å². The largest absolute Gasteiger partial charge is 0.451 e. The molecule has 0 saturated carbocycles. The molecule has 1 aliphatic rings. The van der Waals surface area contributed by atoms with Gasteiger partial charge in [-0.05, 0) is 55.0 Å². The van der Waals surface area contributed by atoms with E-state index in [1.807, 2.05) is 0 Å². The van der Waals surface area contributed by atoms with Gasteiger partial charge in [-0.1, -0.05) is 12.1 Å². The highest BCUT2D eigenvalue weighted by molar-refractivity contribution is 7.92. The summed E-state index contributed by atoms with van der Waals surface area (Å²) in [5.41, 5.74) is 0.546. The number of rotatable bonds is 6. The lowest BCUT2D eigenvalue weighted by atomic mass is 10.1. The molecule has 1 aromatic heterocycles. The second-order valence-electron chi connectivity index (χ2n) is 7.34. The van der Waals surface area contributed by atoms with Gasteiger partial charge in [0.15, 0.2) is 15.6 Å². The number of anilines is 1. The topological polar surface area (TPSA) is 123 Å². The van der Waals surface area contributed by atoms with Crippen molar-refractivity contribution in [2.45, 2.75) is 17.4 Å². The zero-order valence-corrected chi connectivity index (χ0v) is 18.2. The van der Waals surface area contributed by atoms with Crippen molar-refractivity contribution >= 4 is 31.5 Å². The van der Waals surface area contributed by atoms with Gasteiger partial charge >= 0.3 is 0 Å². The maximum absolute atomic E-state index is 13.9. The molecule has 8 nitrogen and oxygen atoms in total. The number of carbonyl (C=O) groups excluding carboxylic acids is 1. The predicted molar refractivity (Wildman–Crippen MR) is 116 cm³/mol. The molecule has 4 rings (SSSR count). The van der Waals surface area contributed by atoms with Crippen LogP contribution < -0.4 is 10.0 Å². The van der Waals surface area contributed by atoms with Crippen LogP contribution in [-0.2, 0) is 19.9 Å². The van der Waals surface area contributed by atoms with E-state index in [9.17, 15) is 26.0 Å². The van der Waals surface area contributed by atoms with E-state index in [0.717, 1.165) is 0 Å². The molecule has 1 fully saturated rings. The van der Waals surface area contributed by atoms with E-state index >= 15 is 0 Å². The van der Waals surface area contributed by atoms with Gasteiger partial charge in [-0.15, -0.1) is 0 Å². The quantitative estimate of drug-likeness (QED) is 0.562. The molecule has 0 unspecified atom stereocenters. The highest BCUT2D eigenvalue weighted by Crippen LogP contribution is 2.25. The van der Waals surface area contributed by atoms with Crippen LogP contribution in [0.1, 0.15) is 17.0 Å². The lowest BCUT2D eigenvalue weighted by Gasteiger charge is -2.12. The zero-order chi connectivity index (χ0) is 22.9. The first kappa shape index (κ1) is 22.2. The van der Waals surface area contributed by atoms with Crippen molar-refractivity contribution < 1.29 is 30.4 Å². The maximum atomic E-state index is 13.9. The van der Waals surface area contributed by atoms with E-state index in [-0.39, 0.29) is 39.9 Å². The molecule has 0 bridgehead atoms. The Balaban J connectivity index is 1.43. The summed E-state index contributed by atoms with van der Waals surface area (Å²) in [4.78, 5) is 12.4. The van der Waals surface area contributed by atoms with Gasteiger partial charge < -0.3 is 9.73 Å². The van der Waals surface area contributed by atoms with Crippen LogP contribution in [0.4, 0.5) is 10.1 Å². The third-order valence-corrected chi connectivity index (χ3v) is 8.25. The molecule has 1 aliphatic heterocycles. The Labute approximate surface area is 184 Å². The van der Waals surface area contributed by atoms with E-state index in [4.69, 9.17) is 4.42 Å². The first-order valence-corrected chi connectivity index (χ1v) is 12.9. The second kappa shape index (κ2) is 8.49. The number of sulfonamides is 1. The first-order valence-electron chi connectivity index (χ1n) is 9.62.